The van der Waals surface area contributed by atoms with Crippen LogP contribution in [0.5, 0.6) is 0 Å². The standard InChI is InChI=1S/C13H22N2O2S/c1-4-12(5-2)15-18(16,17)13-9-7-6-8-11(13)10-14-3/h6-9,12,14-15H,4-5,10H2,1-3H3. The summed E-state index contributed by atoms with van der Waals surface area (Å²) < 4.78 is 27.4. The van der Waals surface area contributed by atoms with Crippen LogP contribution in [0.2, 0.25) is 0 Å². The summed E-state index contributed by atoms with van der Waals surface area (Å²) in [6.45, 7) is 4.51. The van der Waals surface area contributed by atoms with E-state index < -0.39 is 10.0 Å². The van der Waals surface area contributed by atoms with Crippen LogP contribution < -0.4 is 10.0 Å². The molecular weight excluding hydrogens is 248 g/mol. The molecule has 0 aliphatic carbocycles. The van der Waals surface area contributed by atoms with Gasteiger partial charge in [0.25, 0.3) is 0 Å². The molecule has 0 atom stereocenters. The lowest BCUT2D eigenvalue weighted by Crippen LogP contribution is -2.34. The first-order valence-electron chi connectivity index (χ1n) is 6.30. The van der Waals surface area contributed by atoms with Crippen molar-refractivity contribution >= 4 is 10.0 Å². The maximum atomic E-state index is 12.3. The van der Waals surface area contributed by atoms with E-state index in [9.17, 15) is 8.42 Å². The molecule has 0 fully saturated rings. The molecule has 18 heavy (non-hydrogen) atoms. The number of sulfonamides is 1. The van der Waals surface area contributed by atoms with Crippen molar-refractivity contribution in [2.45, 2.75) is 44.2 Å². The van der Waals surface area contributed by atoms with Crippen molar-refractivity contribution < 1.29 is 8.42 Å². The van der Waals surface area contributed by atoms with Gasteiger partial charge in [0, 0.05) is 12.6 Å². The van der Waals surface area contributed by atoms with Crippen LogP contribution in [0.4, 0.5) is 0 Å². The Bertz CT molecular complexity index is 468. The zero-order valence-electron chi connectivity index (χ0n) is 11.2. The molecule has 0 amide bonds. The molecule has 0 heterocycles. The minimum absolute atomic E-state index is 0.00218. The van der Waals surface area contributed by atoms with Crippen molar-refractivity contribution in [2.75, 3.05) is 7.05 Å². The molecule has 1 aromatic rings. The van der Waals surface area contributed by atoms with E-state index in [0.29, 0.717) is 11.4 Å². The molecule has 0 saturated carbocycles. The highest BCUT2D eigenvalue weighted by Crippen LogP contribution is 2.16. The van der Waals surface area contributed by atoms with Gasteiger partial charge in [-0.25, -0.2) is 13.1 Å². The molecule has 5 heteroatoms. The van der Waals surface area contributed by atoms with Gasteiger partial charge < -0.3 is 5.32 Å². The van der Waals surface area contributed by atoms with E-state index in [2.05, 4.69) is 10.0 Å². The average molecular weight is 270 g/mol. The minimum Gasteiger partial charge on any atom is -0.316 e. The summed E-state index contributed by atoms with van der Waals surface area (Å²) in [4.78, 5) is 0.367. The Kier molecular flexibility index (Phi) is 5.78. The topological polar surface area (TPSA) is 58.2 Å². The Morgan fingerprint density at radius 3 is 2.33 bits per heavy atom. The molecule has 0 unspecified atom stereocenters. The van der Waals surface area contributed by atoms with Gasteiger partial charge in [-0.2, -0.15) is 0 Å². The smallest absolute Gasteiger partial charge is 0.241 e. The first-order valence-corrected chi connectivity index (χ1v) is 7.78. The van der Waals surface area contributed by atoms with E-state index in [1.165, 1.54) is 0 Å². The third kappa shape index (κ3) is 3.80. The molecule has 0 spiro atoms. The van der Waals surface area contributed by atoms with E-state index in [4.69, 9.17) is 0 Å². The van der Waals surface area contributed by atoms with Crippen LogP contribution in [0.15, 0.2) is 29.2 Å². The van der Waals surface area contributed by atoms with Gasteiger partial charge in [-0.05, 0) is 31.5 Å². The van der Waals surface area contributed by atoms with E-state index in [1.54, 1.807) is 19.2 Å². The van der Waals surface area contributed by atoms with Crippen LogP contribution in [0.1, 0.15) is 32.3 Å². The van der Waals surface area contributed by atoms with E-state index in [1.807, 2.05) is 26.0 Å². The summed E-state index contributed by atoms with van der Waals surface area (Å²) >= 11 is 0. The van der Waals surface area contributed by atoms with Gasteiger partial charge in [-0.3, -0.25) is 0 Å². The Balaban J connectivity index is 3.04. The zero-order chi connectivity index (χ0) is 13.6. The highest BCUT2D eigenvalue weighted by molar-refractivity contribution is 7.89. The van der Waals surface area contributed by atoms with Crippen LogP contribution >= 0.6 is 0 Å². The quantitative estimate of drug-likeness (QED) is 0.795. The van der Waals surface area contributed by atoms with Crippen LogP contribution in [0.25, 0.3) is 0 Å². The molecule has 0 aliphatic heterocycles. The summed E-state index contributed by atoms with van der Waals surface area (Å²) in [5, 5.41) is 2.99. The van der Waals surface area contributed by atoms with Crippen LogP contribution in [0.3, 0.4) is 0 Å². The third-order valence-corrected chi connectivity index (χ3v) is 4.56. The number of rotatable bonds is 7. The molecule has 0 bridgehead atoms. The molecule has 0 aromatic heterocycles. The number of hydrogen-bond donors (Lipinski definition) is 2. The van der Waals surface area contributed by atoms with Gasteiger partial charge in [-0.15, -0.1) is 0 Å². The molecule has 0 saturated heterocycles. The molecule has 0 radical (unpaired) electrons. The van der Waals surface area contributed by atoms with Gasteiger partial charge in [0.2, 0.25) is 10.0 Å². The van der Waals surface area contributed by atoms with Crippen molar-refractivity contribution in [3.63, 3.8) is 0 Å². The van der Waals surface area contributed by atoms with E-state index in [-0.39, 0.29) is 6.04 Å². The molecular formula is C13H22N2O2S. The molecule has 4 nitrogen and oxygen atoms in total. The monoisotopic (exact) mass is 270 g/mol. The first kappa shape index (κ1) is 15.1. The van der Waals surface area contributed by atoms with Crippen LogP contribution in [-0.4, -0.2) is 21.5 Å². The van der Waals surface area contributed by atoms with Crippen LogP contribution in [0, 0.1) is 0 Å². The zero-order valence-corrected chi connectivity index (χ0v) is 12.0. The lowest BCUT2D eigenvalue weighted by Gasteiger charge is -2.17. The van der Waals surface area contributed by atoms with E-state index >= 15 is 0 Å². The second kappa shape index (κ2) is 6.87. The van der Waals surface area contributed by atoms with Crippen molar-refractivity contribution in [1.29, 1.82) is 0 Å². The van der Waals surface area contributed by atoms with Crippen molar-refractivity contribution in [3.05, 3.63) is 29.8 Å². The minimum atomic E-state index is -3.43. The Labute approximate surface area is 110 Å². The third-order valence-electron chi connectivity index (χ3n) is 2.94. The summed E-state index contributed by atoms with van der Waals surface area (Å²) in [7, 11) is -1.62. The highest BCUT2D eigenvalue weighted by atomic mass is 32.2. The highest BCUT2D eigenvalue weighted by Gasteiger charge is 2.20. The number of nitrogens with one attached hydrogen (secondary N) is 2. The maximum absolute atomic E-state index is 12.3. The van der Waals surface area contributed by atoms with Gasteiger partial charge in [-0.1, -0.05) is 32.0 Å². The average Bonchev–Trinajstić information content (AvgIpc) is 2.37. The summed E-state index contributed by atoms with van der Waals surface area (Å²) in [5.74, 6) is 0. The molecule has 102 valence electrons. The Morgan fingerprint density at radius 1 is 1.17 bits per heavy atom. The van der Waals surface area contributed by atoms with Crippen molar-refractivity contribution in [2.24, 2.45) is 0 Å². The lowest BCUT2D eigenvalue weighted by molar-refractivity contribution is 0.529. The first-order chi connectivity index (χ1) is 8.55. The Morgan fingerprint density at radius 2 is 1.78 bits per heavy atom. The summed E-state index contributed by atoms with van der Waals surface area (Å²) in [6, 6.07) is 7.08. The van der Waals surface area contributed by atoms with Gasteiger partial charge >= 0.3 is 0 Å². The van der Waals surface area contributed by atoms with Crippen LogP contribution in [-0.2, 0) is 16.6 Å². The number of benzene rings is 1. The fourth-order valence-electron chi connectivity index (χ4n) is 1.84. The summed E-state index contributed by atoms with van der Waals surface area (Å²) in [5.41, 5.74) is 0.790. The molecule has 1 rings (SSSR count). The summed E-state index contributed by atoms with van der Waals surface area (Å²) in [6.07, 6.45) is 1.59. The Hall–Kier alpha value is -0.910. The SMILES string of the molecule is CCC(CC)NS(=O)(=O)c1ccccc1CNC. The lowest BCUT2D eigenvalue weighted by atomic mass is 10.2. The fraction of sp³-hybridized carbons (Fsp3) is 0.538. The van der Waals surface area contributed by atoms with Crippen molar-refractivity contribution in [3.8, 4) is 0 Å². The largest absolute Gasteiger partial charge is 0.316 e. The normalized spacial score (nSPS) is 12.0. The molecule has 2 N–H and O–H groups in total. The second-order valence-corrected chi connectivity index (χ2v) is 5.96. The second-order valence-electron chi connectivity index (χ2n) is 4.27. The van der Waals surface area contributed by atoms with Gasteiger partial charge in [0.15, 0.2) is 0 Å². The van der Waals surface area contributed by atoms with E-state index in [0.717, 1.165) is 18.4 Å². The number of hydrogen-bond acceptors (Lipinski definition) is 3. The fourth-order valence-corrected chi connectivity index (χ4v) is 3.48. The molecule has 1 aromatic carbocycles. The predicted molar refractivity (Wildman–Crippen MR) is 73.9 cm³/mol. The maximum Gasteiger partial charge on any atom is 0.241 e. The predicted octanol–water partition coefficient (Wildman–Crippen LogP) is 1.87. The van der Waals surface area contributed by atoms with Gasteiger partial charge in [0.05, 0.1) is 4.90 Å². The van der Waals surface area contributed by atoms with Crippen molar-refractivity contribution in [1.82, 2.24) is 10.0 Å². The molecule has 0 aliphatic rings. The van der Waals surface area contributed by atoms with Gasteiger partial charge in [0.1, 0.15) is 0 Å².